The van der Waals surface area contributed by atoms with Crippen molar-refractivity contribution >= 4 is 22.4 Å². The summed E-state index contributed by atoms with van der Waals surface area (Å²) in [7, 11) is 2.11. The second-order valence-corrected chi connectivity index (χ2v) is 9.03. The fraction of sp³-hybridized carbons (Fsp3) is 0.321. The Morgan fingerprint density at radius 3 is 2.48 bits per heavy atom. The standard InChI is InChI=1S/C28H33N5/c1-6-16-33(5)18-26-31-25-17-22(27-20(4)8-7-15-29-27)11-14-24(25)28(32-26)30-23-12-9-21(10-13-23)19(2)3/h7-15,17,19H,6,16,18H2,1-5H3,(H,30,31,32). The van der Waals surface area contributed by atoms with Crippen LogP contribution in [0.5, 0.6) is 0 Å². The third kappa shape index (κ3) is 5.37. The largest absolute Gasteiger partial charge is 0.340 e. The number of benzene rings is 2. The van der Waals surface area contributed by atoms with Crippen LogP contribution in [0.2, 0.25) is 0 Å². The van der Waals surface area contributed by atoms with Gasteiger partial charge in [0.05, 0.1) is 17.8 Å². The highest BCUT2D eigenvalue weighted by Gasteiger charge is 2.13. The maximum Gasteiger partial charge on any atom is 0.145 e. The van der Waals surface area contributed by atoms with Gasteiger partial charge in [0.1, 0.15) is 11.6 Å². The summed E-state index contributed by atoms with van der Waals surface area (Å²) in [4.78, 5) is 16.7. The van der Waals surface area contributed by atoms with E-state index in [1.807, 2.05) is 12.3 Å². The van der Waals surface area contributed by atoms with E-state index >= 15 is 0 Å². The molecule has 5 heteroatoms. The van der Waals surface area contributed by atoms with Crippen LogP contribution in [0.1, 0.15) is 50.1 Å². The number of fused-ring (bicyclic) bond motifs is 1. The fourth-order valence-electron chi connectivity index (χ4n) is 4.07. The third-order valence-electron chi connectivity index (χ3n) is 5.88. The van der Waals surface area contributed by atoms with Crippen molar-refractivity contribution in [1.29, 1.82) is 0 Å². The molecule has 0 fully saturated rings. The molecule has 170 valence electrons. The first-order valence-corrected chi connectivity index (χ1v) is 11.7. The molecule has 2 heterocycles. The molecule has 0 unspecified atom stereocenters. The highest BCUT2D eigenvalue weighted by atomic mass is 15.1. The number of anilines is 2. The van der Waals surface area contributed by atoms with Crippen molar-refractivity contribution in [3.8, 4) is 11.3 Å². The topological polar surface area (TPSA) is 53.9 Å². The number of aryl methyl sites for hydroxylation is 1. The molecule has 0 atom stereocenters. The van der Waals surface area contributed by atoms with Gasteiger partial charge in [-0.3, -0.25) is 9.88 Å². The van der Waals surface area contributed by atoms with E-state index in [0.29, 0.717) is 12.5 Å². The van der Waals surface area contributed by atoms with Gasteiger partial charge in [-0.2, -0.15) is 0 Å². The first-order valence-electron chi connectivity index (χ1n) is 11.7. The quantitative estimate of drug-likeness (QED) is 0.331. The average Bonchev–Trinajstić information content (AvgIpc) is 2.79. The minimum atomic E-state index is 0.508. The number of aromatic nitrogens is 3. The minimum absolute atomic E-state index is 0.508. The van der Waals surface area contributed by atoms with Crippen LogP contribution in [-0.2, 0) is 6.54 Å². The summed E-state index contributed by atoms with van der Waals surface area (Å²) in [5, 5.41) is 4.55. The van der Waals surface area contributed by atoms with Crippen LogP contribution in [0.25, 0.3) is 22.2 Å². The molecule has 4 aromatic rings. The lowest BCUT2D eigenvalue weighted by molar-refractivity contribution is 0.319. The summed E-state index contributed by atoms with van der Waals surface area (Å²) in [5.74, 6) is 2.16. The molecule has 4 rings (SSSR count). The zero-order valence-corrected chi connectivity index (χ0v) is 20.3. The summed E-state index contributed by atoms with van der Waals surface area (Å²) in [5.41, 5.74) is 6.48. The van der Waals surface area contributed by atoms with Gasteiger partial charge in [0.2, 0.25) is 0 Å². The Balaban J connectivity index is 1.76. The molecule has 2 aromatic carbocycles. The van der Waals surface area contributed by atoms with Gasteiger partial charge in [-0.15, -0.1) is 0 Å². The first-order chi connectivity index (χ1) is 15.9. The zero-order valence-electron chi connectivity index (χ0n) is 20.3. The van der Waals surface area contributed by atoms with E-state index in [9.17, 15) is 0 Å². The molecule has 0 aliphatic rings. The molecule has 0 saturated carbocycles. The Morgan fingerprint density at radius 2 is 1.79 bits per heavy atom. The first kappa shape index (κ1) is 22.9. The van der Waals surface area contributed by atoms with Crippen molar-refractivity contribution in [2.75, 3.05) is 18.9 Å². The number of nitrogens with zero attached hydrogens (tertiary/aromatic N) is 4. The molecule has 0 radical (unpaired) electrons. The van der Waals surface area contributed by atoms with Crippen LogP contribution in [0, 0.1) is 6.92 Å². The zero-order chi connectivity index (χ0) is 23.4. The highest BCUT2D eigenvalue weighted by molar-refractivity contribution is 5.93. The van der Waals surface area contributed by atoms with Crippen LogP contribution in [0.15, 0.2) is 60.8 Å². The van der Waals surface area contributed by atoms with Gasteiger partial charge in [-0.05, 0) is 74.3 Å². The molecular formula is C28H33N5. The molecule has 33 heavy (non-hydrogen) atoms. The second kappa shape index (κ2) is 10.1. The molecular weight excluding hydrogens is 406 g/mol. The predicted octanol–water partition coefficient (Wildman–Crippen LogP) is 6.71. The van der Waals surface area contributed by atoms with Crippen LogP contribution in [-0.4, -0.2) is 33.4 Å². The Bertz CT molecular complexity index is 1230. The van der Waals surface area contributed by atoms with Gasteiger partial charge >= 0.3 is 0 Å². The lowest BCUT2D eigenvalue weighted by atomic mass is 10.0. The lowest BCUT2D eigenvalue weighted by Crippen LogP contribution is -2.20. The number of hydrogen-bond acceptors (Lipinski definition) is 5. The Hall–Kier alpha value is -3.31. The van der Waals surface area contributed by atoms with Gasteiger partial charge in [0.15, 0.2) is 0 Å². The summed E-state index contributed by atoms with van der Waals surface area (Å²) in [6, 6.07) is 19.0. The molecule has 5 nitrogen and oxygen atoms in total. The van der Waals surface area contributed by atoms with Gasteiger partial charge in [-0.1, -0.05) is 45.0 Å². The maximum atomic E-state index is 4.93. The van der Waals surface area contributed by atoms with Crippen LogP contribution in [0.4, 0.5) is 11.5 Å². The smallest absolute Gasteiger partial charge is 0.145 e. The number of pyridine rings is 1. The molecule has 0 bridgehead atoms. The summed E-state index contributed by atoms with van der Waals surface area (Å²) < 4.78 is 0. The Morgan fingerprint density at radius 1 is 1.00 bits per heavy atom. The van der Waals surface area contributed by atoms with E-state index in [1.165, 1.54) is 5.56 Å². The molecule has 0 saturated heterocycles. The monoisotopic (exact) mass is 439 g/mol. The SMILES string of the molecule is CCCN(C)Cc1nc(Nc2ccc(C(C)C)cc2)c2ccc(-c3ncccc3C)cc2n1. The third-order valence-corrected chi connectivity index (χ3v) is 5.88. The normalized spacial score (nSPS) is 11.5. The van der Waals surface area contributed by atoms with Crippen molar-refractivity contribution in [3.05, 3.63) is 77.7 Å². The fourth-order valence-corrected chi connectivity index (χ4v) is 4.07. The van der Waals surface area contributed by atoms with Gasteiger partial charge in [-0.25, -0.2) is 9.97 Å². The van der Waals surface area contributed by atoms with Crippen molar-refractivity contribution < 1.29 is 0 Å². The molecule has 0 aliphatic heterocycles. The minimum Gasteiger partial charge on any atom is -0.340 e. The van der Waals surface area contributed by atoms with Crippen LogP contribution >= 0.6 is 0 Å². The van der Waals surface area contributed by atoms with E-state index in [1.54, 1.807) is 0 Å². The maximum absolute atomic E-state index is 4.93. The van der Waals surface area contributed by atoms with E-state index < -0.39 is 0 Å². The van der Waals surface area contributed by atoms with E-state index in [4.69, 9.17) is 9.97 Å². The summed E-state index contributed by atoms with van der Waals surface area (Å²) in [6.45, 7) is 10.4. The molecule has 0 aliphatic carbocycles. The van der Waals surface area contributed by atoms with Gasteiger partial charge < -0.3 is 5.32 Å². The van der Waals surface area contributed by atoms with Crippen molar-refractivity contribution in [3.63, 3.8) is 0 Å². The number of hydrogen-bond donors (Lipinski definition) is 1. The summed E-state index contributed by atoms with van der Waals surface area (Å²) >= 11 is 0. The van der Waals surface area contributed by atoms with Crippen molar-refractivity contribution in [2.45, 2.75) is 46.6 Å². The lowest BCUT2D eigenvalue weighted by Gasteiger charge is -2.17. The molecule has 0 amide bonds. The highest BCUT2D eigenvalue weighted by Crippen LogP contribution is 2.30. The van der Waals surface area contributed by atoms with E-state index in [2.05, 4.69) is 98.5 Å². The Kier molecular flexibility index (Phi) is 6.99. The summed E-state index contributed by atoms with van der Waals surface area (Å²) in [6.07, 6.45) is 2.94. The van der Waals surface area contributed by atoms with Gasteiger partial charge in [0.25, 0.3) is 0 Å². The van der Waals surface area contributed by atoms with Crippen LogP contribution in [0.3, 0.4) is 0 Å². The molecule has 0 spiro atoms. The van der Waals surface area contributed by atoms with Gasteiger partial charge in [0, 0.05) is 22.8 Å². The number of rotatable bonds is 8. The van der Waals surface area contributed by atoms with E-state index in [0.717, 1.165) is 58.0 Å². The van der Waals surface area contributed by atoms with E-state index in [-0.39, 0.29) is 0 Å². The number of nitrogens with one attached hydrogen (secondary N) is 1. The average molecular weight is 440 g/mol. The van der Waals surface area contributed by atoms with Crippen molar-refractivity contribution in [2.24, 2.45) is 0 Å². The Labute approximate surface area is 196 Å². The predicted molar refractivity (Wildman–Crippen MR) is 138 cm³/mol. The molecule has 2 aromatic heterocycles. The molecule has 1 N–H and O–H groups in total. The van der Waals surface area contributed by atoms with Crippen molar-refractivity contribution in [1.82, 2.24) is 19.9 Å². The van der Waals surface area contributed by atoms with Crippen LogP contribution < -0.4 is 5.32 Å². The second-order valence-electron chi connectivity index (χ2n) is 9.03.